The van der Waals surface area contributed by atoms with E-state index in [9.17, 15) is 12.8 Å². The molecule has 3 aromatic rings. The summed E-state index contributed by atoms with van der Waals surface area (Å²) >= 11 is 1.17. The molecule has 0 aliphatic rings. The minimum atomic E-state index is -4.20. The minimum absolute atomic E-state index is 0.0435. The summed E-state index contributed by atoms with van der Waals surface area (Å²) in [6.07, 6.45) is 2.12. The number of hydrogen-bond donors (Lipinski definition) is 2. The Bertz CT molecular complexity index is 1360. The third-order valence-electron chi connectivity index (χ3n) is 6.69. The first-order chi connectivity index (χ1) is 17.0. The van der Waals surface area contributed by atoms with Gasteiger partial charge in [-0.05, 0) is 49.5 Å². The molecule has 1 unspecified atom stereocenters. The van der Waals surface area contributed by atoms with E-state index in [1.54, 1.807) is 0 Å². The van der Waals surface area contributed by atoms with E-state index in [1.807, 2.05) is 0 Å². The second-order valence-electron chi connectivity index (χ2n) is 11.2. The van der Waals surface area contributed by atoms with E-state index < -0.39 is 34.4 Å². The van der Waals surface area contributed by atoms with Gasteiger partial charge in [-0.1, -0.05) is 46.0 Å². The molecule has 0 radical (unpaired) electrons. The van der Waals surface area contributed by atoms with Gasteiger partial charge in [0.25, 0.3) is 5.16 Å². The Hall–Kier alpha value is -2.22. The third kappa shape index (κ3) is 6.62. The monoisotopic (exact) mass is 568 g/mol. The Balaban J connectivity index is 2.02. The van der Waals surface area contributed by atoms with Crippen LogP contribution in [0.3, 0.4) is 0 Å². The molecule has 0 saturated carbocycles. The molecule has 3 heterocycles. The van der Waals surface area contributed by atoms with Gasteiger partial charge in [0, 0.05) is 12.2 Å². The lowest BCUT2D eigenvalue weighted by Gasteiger charge is -2.37. The van der Waals surface area contributed by atoms with Crippen LogP contribution in [0.5, 0.6) is 0 Å². The Morgan fingerprint density at radius 1 is 1.19 bits per heavy atom. The van der Waals surface area contributed by atoms with Crippen molar-refractivity contribution >= 4 is 50.8 Å². The van der Waals surface area contributed by atoms with Crippen LogP contribution in [0.4, 0.5) is 15.3 Å². The van der Waals surface area contributed by atoms with Crippen LogP contribution in [0.25, 0.3) is 10.3 Å². The van der Waals surface area contributed by atoms with Gasteiger partial charge in [-0.3, -0.25) is 4.98 Å². The lowest BCUT2D eigenvalue weighted by molar-refractivity contribution is 0.257. The molecule has 0 amide bonds. The summed E-state index contributed by atoms with van der Waals surface area (Å²) in [5, 5.41) is 1.92. The number of sulfone groups is 1. The van der Waals surface area contributed by atoms with E-state index in [0.717, 1.165) is 6.42 Å². The Morgan fingerprint density at radius 3 is 2.46 bits per heavy atom. The standard InChI is InChI=1S/C24H37FN6O3S2Si/c1-14(2)12-16(13-34-37(7,8)24(4,5)6)28-20-19-21(29-22(26)35-19)31-23(30-20)36(32,33)15(3)18-17(25)10-9-11-27-18/h9-11,14-16H,12-13H2,1-8H3,(H3,26,28,29,30,31)/t15?,16-/m1/s1. The molecule has 204 valence electrons. The summed E-state index contributed by atoms with van der Waals surface area (Å²) < 4.78 is 48.4. The zero-order valence-electron chi connectivity index (χ0n) is 22.7. The first kappa shape index (κ1) is 29.3. The van der Waals surface area contributed by atoms with E-state index >= 15 is 0 Å². The van der Waals surface area contributed by atoms with Gasteiger partial charge >= 0.3 is 0 Å². The molecule has 37 heavy (non-hydrogen) atoms. The molecular formula is C24H37FN6O3S2Si. The van der Waals surface area contributed by atoms with E-state index in [1.165, 1.54) is 36.6 Å². The van der Waals surface area contributed by atoms with Crippen LogP contribution in [-0.4, -0.2) is 49.3 Å². The summed E-state index contributed by atoms with van der Waals surface area (Å²) in [6.45, 7) is 16.9. The Kier molecular flexibility index (Phi) is 8.62. The highest BCUT2D eigenvalue weighted by atomic mass is 32.2. The molecule has 0 fully saturated rings. The molecule has 0 aromatic carbocycles. The predicted octanol–water partition coefficient (Wildman–Crippen LogP) is 5.59. The molecule has 3 aromatic heterocycles. The number of hydrogen-bond acceptors (Lipinski definition) is 10. The fourth-order valence-electron chi connectivity index (χ4n) is 3.50. The van der Waals surface area contributed by atoms with Crippen molar-refractivity contribution in [3.8, 4) is 0 Å². The number of pyridine rings is 1. The van der Waals surface area contributed by atoms with Gasteiger partial charge < -0.3 is 15.5 Å². The van der Waals surface area contributed by atoms with Gasteiger partial charge in [0.15, 0.2) is 24.9 Å². The summed E-state index contributed by atoms with van der Waals surface area (Å²) in [5.74, 6) is -0.0497. The largest absolute Gasteiger partial charge is 0.415 e. The number of aromatic nitrogens is 4. The number of thiazole rings is 1. The van der Waals surface area contributed by atoms with Crippen LogP contribution >= 0.6 is 11.3 Å². The number of rotatable bonds is 10. The molecule has 0 aliphatic heterocycles. The molecule has 3 rings (SSSR count). The van der Waals surface area contributed by atoms with Gasteiger partial charge in [-0.25, -0.2) is 17.8 Å². The van der Waals surface area contributed by atoms with E-state index in [0.29, 0.717) is 23.0 Å². The summed E-state index contributed by atoms with van der Waals surface area (Å²) in [7, 11) is -6.22. The zero-order valence-corrected chi connectivity index (χ0v) is 25.3. The Morgan fingerprint density at radius 2 is 1.86 bits per heavy atom. The maximum atomic E-state index is 14.4. The highest BCUT2D eigenvalue weighted by molar-refractivity contribution is 7.91. The van der Waals surface area contributed by atoms with Gasteiger partial charge in [-0.15, -0.1) is 0 Å². The van der Waals surface area contributed by atoms with Crippen LogP contribution in [0.15, 0.2) is 23.5 Å². The van der Waals surface area contributed by atoms with Crippen molar-refractivity contribution in [2.75, 3.05) is 17.7 Å². The van der Waals surface area contributed by atoms with Crippen LogP contribution in [0.1, 0.15) is 58.9 Å². The van der Waals surface area contributed by atoms with Gasteiger partial charge in [0.1, 0.15) is 15.8 Å². The molecule has 0 bridgehead atoms. The number of nitrogens with two attached hydrogens (primary N) is 1. The number of nitrogen functional groups attached to an aromatic ring is 1. The highest BCUT2D eigenvalue weighted by Gasteiger charge is 2.38. The zero-order chi connectivity index (χ0) is 27.8. The highest BCUT2D eigenvalue weighted by Crippen LogP contribution is 2.37. The van der Waals surface area contributed by atoms with E-state index in [2.05, 4.69) is 73.0 Å². The maximum absolute atomic E-state index is 14.4. The summed E-state index contributed by atoms with van der Waals surface area (Å²) in [6, 6.07) is 2.43. The minimum Gasteiger partial charge on any atom is -0.415 e. The summed E-state index contributed by atoms with van der Waals surface area (Å²) in [4.78, 5) is 16.8. The van der Waals surface area contributed by atoms with Crippen molar-refractivity contribution in [2.24, 2.45) is 5.92 Å². The topological polar surface area (TPSA) is 133 Å². The smallest absolute Gasteiger partial charge is 0.251 e. The fourth-order valence-corrected chi connectivity index (χ4v) is 6.50. The first-order valence-corrected chi connectivity index (χ1v) is 17.5. The van der Waals surface area contributed by atoms with Gasteiger partial charge in [0.2, 0.25) is 9.84 Å². The molecular weight excluding hydrogens is 532 g/mol. The van der Waals surface area contributed by atoms with Gasteiger partial charge in [-0.2, -0.15) is 9.97 Å². The lowest BCUT2D eigenvalue weighted by Crippen LogP contribution is -2.44. The van der Waals surface area contributed by atoms with E-state index in [4.69, 9.17) is 10.2 Å². The number of anilines is 2. The lowest BCUT2D eigenvalue weighted by atomic mass is 10.0. The average molecular weight is 569 g/mol. The molecule has 2 atom stereocenters. The fraction of sp³-hybridized carbons (Fsp3) is 0.583. The summed E-state index contributed by atoms with van der Waals surface area (Å²) in [5.41, 5.74) is 5.92. The molecule has 3 N–H and O–H groups in total. The van der Waals surface area contributed by atoms with Crippen molar-refractivity contribution in [1.29, 1.82) is 0 Å². The molecule has 9 nitrogen and oxygen atoms in total. The molecule has 0 aliphatic carbocycles. The average Bonchev–Trinajstić information content (AvgIpc) is 3.16. The second kappa shape index (κ2) is 10.9. The number of halogens is 1. The van der Waals surface area contributed by atoms with E-state index in [-0.39, 0.29) is 27.6 Å². The molecule has 0 spiro atoms. The SMILES string of the molecule is CC(C)C[C@H](CO[Si](C)(C)C(C)(C)C)Nc1nc(S(=O)(=O)C(C)c2ncccc2F)nc2nc(N)sc12. The van der Waals surface area contributed by atoms with Crippen molar-refractivity contribution in [3.05, 3.63) is 29.8 Å². The van der Waals surface area contributed by atoms with Crippen molar-refractivity contribution in [3.63, 3.8) is 0 Å². The number of fused-ring (bicyclic) bond motifs is 1. The van der Waals surface area contributed by atoms with Crippen LogP contribution in [0.2, 0.25) is 18.1 Å². The number of nitrogens with zero attached hydrogens (tertiary/aromatic N) is 4. The van der Waals surface area contributed by atoms with Crippen molar-refractivity contribution < 1.29 is 17.2 Å². The maximum Gasteiger partial charge on any atom is 0.251 e. The van der Waals surface area contributed by atoms with Crippen LogP contribution < -0.4 is 11.1 Å². The predicted molar refractivity (Wildman–Crippen MR) is 149 cm³/mol. The van der Waals surface area contributed by atoms with Crippen molar-refractivity contribution in [1.82, 2.24) is 19.9 Å². The third-order valence-corrected chi connectivity index (χ3v) is 13.9. The first-order valence-electron chi connectivity index (χ1n) is 12.2. The van der Waals surface area contributed by atoms with Gasteiger partial charge in [0.05, 0.1) is 12.3 Å². The molecule has 13 heteroatoms. The van der Waals surface area contributed by atoms with Crippen molar-refractivity contribution in [2.45, 2.75) is 82.5 Å². The van der Waals surface area contributed by atoms with Crippen LogP contribution in [-0.2, 0) is 14.3 Å². The van der Waals surface area contributed by atoms with Crippen LogP contribution in [0, 0.1) is 11.7 Å². The number of nitrogens with one attached hydrogen (secondary N) is 1. The second-order valence-corrected chi connectivity index (χ2v) is 19.2. The molecule has 0 saturated heterocycles. The normalized spacial score (nSPS) is 14.8. The Labute approximate surface area is 223 Å². The quantitative estimate of drug-likeness (QED) is 0.237.